The molecule has 0 saturated heterocycles. The van der Waals surface area contributed by atoms with Crippen molar-refractivity contribution >= 4 is 15.9 Å². The van der Waals surface area contributed by atoms with Crippen LogP contribution >= 0.6 is 15.9 Å². The molecular weight excluding hydrogens is 326 g/mol. The molecule has 2 nitrogen and oxygen atoms in total. The van der Waals surface area contributed by atoms with Crippen LogP contribution in [0.25, 0.3) is 0 Å². The average molecular weight is 356 g/mol. The van der Waals surface area contributed by atoms with Gasteiger partial charge >= 0.3 is 0 Å². The fraction of sp³-hybridized carbons (Fsp3) is 0.667. The second-order valence-electron chi connectivity index (χ2n) is 7.05. The predicted octanol–water partition coefficient (Wildman–Crippen LogP) is 5.33. The molecule has 1 aromatic rings. The van der Waals surface area contributed by atoms with E-state index in [1.165, 1.54) is 12.0 Å². The van der Waals surface area contributed by atoms with Crippen molar-refractivity contribution in [2.45, 2.75) is 59.1 Å². The highest BCUT2D eigenvalue weighted by Gasteiger charge is 2.18. The first-order chi connectivity index (χ1) is 9.79. The van der Waals surface area contributed by atoms with Gasteiger partial charge in [0.15, 0.2) is 0 Å². The molecule has 0 heterocycles. The van der Waals surface area contributed by atoms with Crippen molar-refractivity contribution in [3.63, 3.8) is 0 Å². The van der Waals surface area contributed by atoms with Gasteiger partial charge in [-0.05, 0) is 51.2 Å². The Balaban J connectivity index is 2.64. The normalized spacial score (nSPS) is 13.7. The first-order valence-electron chi connectivity index (χ1n) is 7.90. The van der Waals surface area contributed by atoms with E-state index in [9.17, 15) is 0 Å². The van der Waals surface area contributed by atoms with E-state index in [1.54, 1.807) is 0 Å². The molecule has 1 N–H and O–H groups in total. The highest BCUT2D eigenvalue weighted by atomic mass is 79.9. The number of halogens is 1. The van der Waals surface area contributed by atoms with E-state index in [2.05, 4.69) is 74.1 Å². The Labute approximate surface area is 138 Å². The molecule has 0 saturated carbocycles. The molecule has 120 valence electrons. The molecule has 3 heteroatoms. The summed E-state index contributed by atoms with van der Waals surface area (Å²) in [5, 5.41) is 3.55. The lowest BCUT2D eigenvalue weighted by molar-refractivity contribution is 0.0441. The van der Waals surface area contributed by atoms with Gasteiger partial charge in [-0.15, -0.1) is 0 Å². The summed E-state index contributed by atoms with van der Waals surface area (Å²) >= 11 is 3.64. The summed E-state index contributed by atoms with van der Waals surface area (Å²) < 4.78 is 7.28. The van der Waals surface area contributed by atoms with Crippen LogP contribution in [0.2, 0.25) is 0 Å². The number of benzene rings is 1. The number of hydrogen-bond donors (Lipinski definition) is 1. The monoisotopic (exact) mass is 355 g/mol. The SMILES string of the molecule is CC(C)CCCOC(CNC(C)(C)C)c1ccccc1Br. The summed E-state index contributed by atoms with van der Waals surface area (Å²) in [5.74, 6) is 0.739. The molecule has 1 atom stereocenters. The van der Waals surface area contributed by atoms with Gasteiger partial charge in [-0.3, -0.25) is 0 Å². The molecule has 0 aliphatic rings. The van der Waals surface area contributed by atoms with E-state index in [0.29, 0.717) is 0 Å². The predicted molar refractivity (Wildman–Crippen MR) is 94.7 cm³/mol. The Hall–Kier alpha value is -0.380. The highest BCUT2D eigenvalue weighted by molar-refractivity contribution is 9.10. The Morgan fingerprint density at radius 2 is 1.86 bits per heavy atom. The number of hydrogen-bond acceptors (Lipinski definition) is 2. The molecule has 21 heavy (non-hydrogen) atoms. The van der Waals surface area contributed by atoms with Gasteiger partial charge in [0.2, 0.25) is 0 Å². The Morgan fingerprint density at radius 1 is 1.19 bits per heavy atom. The topological polar surface area (TPSA) is 21.3 Å². The molecule has 1 aromatic carbocycles. The van der Waals surface area contributed by atoms with Crippen LogP contribution in [0.15, 0.2) is 28.7 Å². The quantitative estimate of drug-likeness (QED) is 0.636. The van der Waals surface area contributed by atoms with Crippen molar-refractivity contribution in [1.29, 1.82) is 0 Å². The van der Waals surface area contributed by atoms with Crippen LogP contribution in [0.1, 0.15) is 59.1 Å². The summed E-state index contributed by atoms with van der Waals surface area (Å²) in [7, 11) is 0. The van der Waals surface area contributed by atoms with Gasteiger partial charge in [0.05, 0.1) is 6.10 Å². The first-order valence-corrected chi connectivity index (χ1v) is 8.70. The summed E-state index contributed by atoms with van der Waals surface area (Å²) in [6.45, 7) is 12.7. The maximum atomic E-state index is 6.16. The van der Waals surface area contributed by atoms with Gasteiger partial charge < -0.3 is 10.1 Å². The van der Waals surface area contributed by atoms with E-state index < -0.39 is 0 Å². The van der Waals surface area contributed by atoms with E-state index in [4.69, 9.17) is 4.74 Å². The summed E-state index contributed by atoms with van der Waals surface area (Å²) in [6, 6.07) is 8.33. The zero-order valence-corrected chi connectivity index (χ0v) is 15.7. The third-order valence-corrected chi connectivity index (χ3v) is 4.04. The molecule has 0 radical (unpaired) electrons. The summed E-state index contributed by atoms with van der Waals surface area (Å²) in [6.07, 6.45) is 2.43. The highest BCUT2D eigenvalue weighted by Crippen LogP contribution is 2.26. The number of nitrogens with one attached hydrogen (secondary N) is 1. The Kier molecular flexibility index (Phi) is 7.93. The van der Waals surface area contributed by atoms with Crippen LogP contribution in [0, 0.1) is 5.92 Å². The lowest BCUT2D eigenvalue weighted by Crippen LogP contribution is -2.39. The molecule has 0 aliphatic carbocycles. The average Bonchev–Trinajstić information content (AvgIpc) is 2.37. The molecule has 1 rings (SSSR count). The second-order valence-corrected chi connectivity index (χ2v) is 7.90. The van der Waals surface area contributed by atoms with Gasteiger partial charge in [-0.25, -0.2) is 0 Å². The van der Waals surface area contributed by atoms with Crippen molar-refractivity contribution in [1.82, 2.24) is 5.32 Å². The smallest absolute Gasteiger partial charge is 0.0960 e. The van der Waals surface area contributed by atoms with Gasteiger partial charge in [0, 0.05) is 23.2 Å². The molecule has 0 fully saturated rings. The molecule has 0 amide bonds. The van der Waals surface area contributed by atoms with Crippen LogP contribution in [0.3, 0.4) is 0 Å². The largest absolute Gasteiger partial charge is 0.372 e. The number of rotatable bonds is 8. The minimum atomic E-state index is 0.0898. The van der Waals surface area contributed by atoms with E-state index >= 15 is 0 Å². The fourth-order valence-corrected chi connectivity index (χ4v) is 2.65. The van der Waals surface area contributed by atoms with Crippen LogP contribution in [-0.2, 0) is 4.74 Å². The van der Waals surface area contributed by atoms with Crippen molar-refractivity contribution < 1.29 is 4.74 Å². The maximum absolute atomic E-state index is 6.16. The molecule has 0 aliphatic heterocycles. The van der Waals surface area contributed by atoms with E-state index in [0.717, 1.165) is 30.0 Å². The van der Waals surface area contributed by atoms with Crippen molar-refractivity contribution in [2.75, 3.05) is 13.2 Å². The molecular formula is C18H30BrNO. The van der Waals surface area contributed by atoms with Crippen LogP contribution in [-0.4, -0.2) is 18.7 Å². The molecule has 0 spiro atoms. The van der Waals surface area contributed by atoms with Gasteiger partial charge in [0.25, 0.3) is 0 Å². The zero-order chi connectivity index (χ0) is 15.9. The van der Waals surface area contributed by atoms with Crippen molar-refractivity contribution in [3.05, 3.63) is 34.3 Å². The Bertz CT molecular complexity index is 412. The molecule has 1 unspecified atom stereocenters. The number of ether oxygens (including phenoxy) is 1. The van der Waals surface area contributed by atoms with Crippen molar-refractivity contribution in [3.8, 4) is 0 Å². The fourth-order valence-electron chi connectivity index (χ4n) is 2.11. The maximum Gasteiger partial charge on any atom is 0.0960 e. The second kappa shape index (κ2) is 8.92. The zero-order valence-electron chi connectivity index (χ0n) is 14.1. The lowest BCUT2D eigenvalue weighted by Gasteiger charge is -2.26. The third-order valence-electron chi connectivity index (χ3n) is 3.31. The molecule has 0 bridgehead atoms. The summed E-state index contributed by atoms with van der Waals surface area (Å²) in [4.78, 5) is 0. The molecule has 0 aromatic heterocycles. The van der Waals surface area contributed by atoms with Crippen LogP contribution in [0.5, 0.6) is 0 Å². The van der Waals surface area contributed by atoms with Crippen molar-refractivity contribution in [2.24, 2.45) is 5.92 Å². The van der Waals surface area contributed by atoms with E-state index in [-0.39, 0.29) is 11.6 Å². The van der Waals surface area contributed by atoms with E-state index in [1.807, 2.05) is 6.07 Å². The summed E-state index contributed by atoms with van der Waals surface area (Å²) in [5.41, 5.74) is 1.32. The first kappa shape index (κ1) is 18.7. The van der Waals surface area contributed by atoms with Gasteiger partial charge in [-0.1, -0.05) is 48.0 Å². The standard InChI is InChI=1S/C18H30BrNO/c1-14(2)9-8-12-21-17(13-20-18(3,4)5)15-10-6-7-11-16(15)19/h6-7,10-11,14,17,20H,8-9,12-13H2,1-5H3. The lowest BCUT2D eigenvalue weighted by atomic mass is 10.1. The van der Waals surface area contributed by atoms with Gasteiger partial charge in [0.1, 0.15) is 0 Å². The van der Waals surface area contributed by atoms with Gasteiger partial charge in [-0.2, -0.15) is 0 Å². The minimum Gasteiger partial charge on any atom is -0.372 e. The Morgan fingerprint density at radius 3 is 2.43 bits per heavy atom. The van der Waals surface area contributed by atoms with Crippen LogP contribution < -0.4 is 5.32 Å². The minimum absolute atomic E-state index is 0.0898. The third kappa shape index (κ3) is 7.98. The van der Waals surface area contributed by atoms with Crippen LogP contribution in [0.4, 0.5) is 0 Å².